The van der Waals surface area contributed by atoms with Gasteiger partial charge in [-0.3, -0.25) is 9.59 Å². The molecule has 9 nitrogen and oxygen atoms in total. The first-order valence-corrected chi connectivity index (χ1v) is 11.2. The zero-order chi connectivity index (χ0) is 24.7. The molecule has 1 aliphatic carbocycles. The van der Waals surface area contributed by atoms with Crippen molar-refractivity contribution < 1.29 is 34.4 Å². The number of carbonyl (C=O) groups excluding carboxylic acids is 2. The Kier molecular flexibility index (Phi) is 8.25. The predicted molar refractivity (Wildman–Crippen MR) is 124 cm³/mol. The molecular formula is C25H30N2O7. The monoisotopic (exact) mass is 470 g/mol. The van der Waals surface area contributed by atoms with Crippen LogP contribution in [0.2, 0.25) is 0 Å². The minimum absolute atomic E-state index is 0.0410. The second kappa shape index (κ2) is 11.1. The number of aliphatic hydroxyl groups is 2. The number of ether oxygens (including phenoxy) is 1. The highest BCUT2D eigenvalue weighted by atomic mass is 16.5. The van der Waals surface area contributed by atoms with Crippen LogP contribution in [0.1, 0.15) is 43.2 Å². The van der Waals surface area contributed by atoms with Gasteiger partial charge in [-0.15, -0.1) is 0 Å². The van der Waals surface area contributed by atoms with E-state index in [1.165, 1.54) is 0 Å². The van der Waals surface area contributed by atoms with E-state index in [0.717, 1.165) is 22.3 Å². The molecule has 2 amide bonds. The summed E-state index contributed by atoms with van der Waals surface area (Å²) in [5.74, 6) is -2.00. The van der Waals surface area contributed by atoms with E-state index < -0.39 is 42.8 Å². The zero-order valence-electron chi connectivity index (χ0n) is 19.0. The van der Waals surface area contributed by atoms with Gasteiger partial charge in [0.05, 0.1) is 18.8 Å². The fourth-order valence-electron chi connectivity index (χ4n) is 4.11. The van der Waals surface area contributed by atoms with Gasteiger partial charge in [-0.2, -0.15) is 0 Å². The Morgan fingerprint density at radius 3 is 2.06 bits per heavy atom. The van der Waals surface area contributed by atoms with Gasteiger partial charge in [0, 0.05) is 12.3 Å². The average molecular weight is 471 g/mol. The Labute approximate surface area is 197 Å². The zero-order valence-corrected chi connectivity index (χ0v) is 19.0. The minimum atomic E-state index is -1.28. The molecular weight excluding hydrogens is 440 g/mol. The molecule has 9 heteroatoms. The number of fused-ring (bicyclic) bond motifs is 3. The van der Waals surface area contributed by atoms with Gasteiger partial charge in [-0.05, 0) is 35.1 Å². The fourth-order valence-corrected chi connectivity index (χ4v) is 4.11. The van der Waals surface area contributed by atoms with Gasteiger partial charge >= 0.3 is 12.1 Å². The molecule has 34 heavy (non-hydrogen) atoms. The van der Waals surface area contributed by atoms with Crippen molar-refractivity contribution in [2.45, 2.75) is 43.7 Å². The van der Waals surface area contributed by atoms with E-state index in [2.05, 4.69) is 10.6 Å². The number of alkyl carbamates (subject to hydrolysis) is 1. The number of amides is 2. The third kappa shape index (κ3) is 5.55. The number of carboxylic acid groups (broad SMARTS) is 1. The molecule has 0 radical (unpaired) electrons. The highest BCUT2D eigenvalue weighted by Crippen LogP contribution is 2.44. The van der Waals surface area contributed by atoms with Gasteiger partial charge in [0.1, 0.15) is 12.6 Å². The average Bonchev–Trinajstić information content (AvgIpc) is 3.17. The van der Waals surface area contributed by atoms with Crippen LogP contribution in [0.3, 0.4) is 0 Å². The van der Waals surface area contributed by atoms with Crippen LogP contribution in [0, 0.1) is 0 Å². The second-order valence-electron chi connectivity index (χ2n) is 8.39. The van der Waals surface area contributed by atoms with Crippen molar-refractivity contribution in [3.05, 3.63) is 59.7 Å². The molecule has 1 unspecified atom stereocenters. The molecule has 0 aromatic heterocycles. The van der Waals surface area contributed by atoms with Crippen LogP contribution in [0.4, 0.5) is 4.79 Å². The maximum Gasteiger partial charge on any atom is 0.407 e. The molecule has 0 aliphatic heterocycles. The Morgan fingerprint density at radius 2 is 1.56 bits per heavy atom. The van der Waals surface area contributed by atoms with E-state index in [-0.39, 0.29) is 31.8 Å². The molecule has 182 valence electrons. The van der Waals surface area contributed by atoms with Crippen molar-refractivity contribution >= 4 is 18.0 Å². The van der Waals surface area contributed by atoms with E-state index in [0.29, 0.717) is 0 Å². The van der Waals surface area contributed by atoms with Gasteiger partial charge in [-0.25, -0.2) is 4.79 Å². The number of rotatable bonds is 11. The molecule has 5 N–H and O–H groups in total. The van der Waals surface area contributed by atoms with Crippen molar-refractivity contribution in [3.8, 4) is 11.1 Å². The largest absolute Gasteiger partial charge is 0.481 e. The van der Waals surface area contributed by atoms with Crippen LogP contribution in [0.25, 0.3) is 11.1 Å². The first-order chi connectivity index (χ1) is 16.3. The maximum absolute atomic E-state index is 12.8. The molecule has 2 aromatic carbocycles. The Morgan fingerprint density at radius 1 is 1.00 bits per heavy atom. The Balaban J connectivity index is 1.69. The third-order valence-electron chi connectivity index (χ3n) is 6.27. The lowest BCUT2D eigenvalue weighted by molar-refractivity contribution is -0.137. The van der Waals surface area contributed by atoms with Gasteiger partial charge in [0.15, 0.2) is 0 Å². The summed E-state index contributed by atoms with van der Waals surface area (Å²) in [5.41, 5.74) is 2.96. The van der Waals surface area contributed by atoms with Crippen molar-refractivity contribution in [3.63, 3.8) is 0 Å². The van der Waals surface area contributed by atoms with Gasteiger partial charge < -0.3 is 30.7 Å². The summed E-state index contributed by atoms with van der Waals surface area (Å²) in [6, 6.07) is 14.5. The normalized spacial score (nSPS) is 13.5. The highest BCUT2D eigenvalue weighted by Gasteiger charge is 2.33. The SMILES string of the molecule is CCC(CO)(CO)NC(=O)C(CCC(=O)O)NC(=O)OCC1c2ccccc2-c2ccccc21. The molecule has 3 rings (SSSR count). The molecule has 0 fully saturated rings. The van der Waals surface area contributed by atoms with E-state index in [1.807, 2.05) is 48.5 Å². The lowest BCUT2D eigenvalue weighted by Crippen LogP contribution is -2.59. The summed E-state index contributed by atoms with van der Waals surface area (Å²) >= 11 is 0. The number of nitrogens with one attached hydrogen (secondary N) is 2. The number of aliphatic carboxylic acids is 1. The fraction of sp³-hybridized carbons (Fsp3) is 0.400. The van der Waals surface area contributed by atoms with Gasteiger partial charge in [0.2, 0.25) is 5.91 Å². The molecule has 0 saturated heterocycles. The highest BCUT2D eigenvalue weighted by molar-refractivity contribution is 5.87. The molecule has 2 aromatic rings. The first-order valence-electron chi connectivity index (χ1n) is 11.2. The van der Waals surface area contributed by atoms with Crippen molar-refractivity contribution in [2.24, 2.45) is 0 Å². The number of aliphatic hydroxyl groups excluding tert-OH is 2. The van der Waals surface area contributed by atoms with Crippen LogP contribution in [-0.4, -0.2) is 64.7 Å². The molecule has 1 aliphatic rings. The number of benzene rings is 2. The Hall–Kier alpha value is -3.43. The molecule has 0 spiro atoms. The second-order valence-corrected chi connectivity index (χ2v) is 8.39. The van der Waals surface area contributed by atoms with Gasteiger partial charge in [-0.1, -0.05) is 55.5 Å². The lowest BCUT2D eigenvalue weighted by Gasteiger charge is -2.31. The number of carboxylic acids is 1. The van der Waals surface area contributed by atoms with E-state index in [4.69, 9.17) is 9.84 Å². The summed E-state index contributed by atoms with van der Waals surface area (Å²) in [5, 5.41) is 33.2. The first kappa shape index (κ1) is 25.2. The summed E-state index contributed by atoms with van der Waals surface area (Å²) in [6.45, 7) is 0.696. The van der Waals surface area contributed by atoms with Crippen LogP contribution in [0.5, 0.6) is 0 Å². The van der Waals surface area contributed by atoms with Gasteiger partial charge in [0.25, 0.3) is 0 Å². The smallest absolute Gasteiger partial charge is 0.407 e. The number of hydrogen-bond donors (Lipinski definition) is 5. The number of hydrogen-bond acceptors (Lipinski definition) is 6. The minimum Gasteiger partial charge on any atom is -0.481 e. The van der Waals surface area contributed by atoms with Crippen LogP contribution >= 0.6 is 0 Å². The third-order valence-corrected chi connectivity index (χ3v) is 6.27. The van der Waals surface area contributed by atoms with Crippen molar-refractivity contribution in [1.82, 2.24) is 10.6 Å². The van der Waals surface area contributed by atoms with E-state index in [9.17, 15) is 24.6 Å². The van der Waals surface area contributed by atoms with Crippen molar-refractivity contribution in [2.75, 3.05) is 19.8 Å². The summed E-state index contributed by atoms with van der Waals surface area (Å²) < 4.78 is 5.46. The quantitative estimate of drug-likeness (QED) is 0.338. The van der Waals surface area contributed by atoms with Crippen LogP contribution in [-0.2, 0) is 14.3 Å². The molecule has 0 heterocycles. The lowest BCUT2D eigenvalue weighted by atomic mass is 9.97. The maximum atomic E-state index is 12.8. The summed E-state index contributed by atoms with van der Waals surface area (Å²) in [6.07, 6.45) is -1.16. The van der Waals surface area contributed by atoms with Crippen LogP contribution in [0.15, 0.2) is 48.5 Å². The molecule has 0 bridgehead atoms. The summed E-state index contributed by atoms with van der Waals surface area (Å²) in [7, 11) is 0. The van der Waals surface area contributed by atoms with E-state index in [1.54, 1.807) is 6.92 Å². The Bertz CT molecular complexity index is 982. The number of carbonyl (C=O) groups is 3. The van der Waals surface area contributed by atoms with Crippen molar-refractivity contribution in [1.29, 1.82) is 0 Å². The standard InChI is InChI=1S/C25H30N2O7/c1-2-25(14-28,15-29)27-23(32)21(11-12-22(30)31)26-24(33)34-13-20-18-9-5-3-7-16(18)17-8-4-6-10-19(17)20/h3-10,20-21,28-29H,2,11-15H2,1H3,(H,26,33)(H,27,32)(H,30,31). The molecule has 1 atom stereocenters. The topological polar surface area (TPSA) is 145 Å². The van der Waals surface area contributed by atoms with E-state index >= 15 is 0 Å². The van der Waals surface area contributed by atoms with Crippen LogP contribution < -0.4 is 10.6 Å². The summed E-state index contributed by atoms with van der Waals surface area (Å²) in [4.78, 5) is 36.4. The predicted octanol–water partition coefficient (Wildman–Crippen LogP) is 2.01. The molecule has 0 saturated carbocycles.